The van der Waals surface area contributed by atoms with Gasteiger partial charge in [-0.05, 0) is 12.0 Å². The van der Waals surface area contributed by atoms with Gasteiger partial charge in [-0.1, -0.05) is 44.2 Å². The van der Waals surface area contributed by atoms with Crippen molar-refractivity contribution in [1.82, 2.24) is 0 Å². The first kappa shape index (κ1) is 14.0. The molecule has 0 aromatic heterocycles. The van der Waals surface area contributed by atoms with Crippen molar-refractivity contribution in [3.63, 3.8) is 0 Å². The second-order valence-corrected chi connectivity index (χ2v) is 5.05. The summed E-state index contributed by atoms with van der Waals surface area (Å²) in [7, 11) is 0. The molecule has 1 saturated heterocycles. The normalized spacial score (nSPS) is 30.3. The number of carbonyl (C=O) groups is 1. The van der Waals surface area contributed by atoms with Crippen LogP contribution in [-0.2, 0) is 20.9 Å². The highest BCUT2D eigenvalue weighted by Crippen LogP contribution is 2.34. The van der Waals surface area contributed by atoms with Crippen LogP contribution in [0.5, 0.6) is 0 Å². The van der Waals surface area contributed by atoms with Crippen molar-refractivity contribution < 1.29 is 19.4 Å². The summed E-state index contributed by atoms with van der Waals surface area (Å²) in [5.41, 5.74) is -0.199. The van der Waals surface area contributed by atoms with Crippen molar-refractivity contribution in [2.24, 2.45) is 5.92 Å². The van der Waals surface area contributed by atoms with Crippen LogP contribution in [0.3, 0.4) is 0 Å². The number of hydrogen-bond acceptors (Lipinski definition) is 4. The number of rotatable bonds is 4. The van der Waals surface area contributed by atoms with E-state index in [4.69, 9.17) is 9.47 Å². The van der Waals surface area contributed by atoms with Crippen molar-refractivity contribution in [1.29, 1.82) is 0 Å². The van der Waals surface area contributed by atoms with Crippen LogP contribution in [0, 0.1) is 5.92 Å². The van der Waals surface area contributed by atoms with Gasteiger partial charge in [0.2, 0.25) is 0 Å². The van der Waals surface area contributed by atoms with Gasteiger partial charge in [0.25, 0.3) is 0 Å². The molecular weight excluding hydrogens is 244 g/mol. The monoisotopic (exact) mass is 264 g/mol. The Morgan fingerprint density at radius 1 is 1.47 bits per heavy atom. The van der Waals surface area contributed by atoms with E-state index < -0.39 is 17.7 Å². The lowest BCUT2D eigenvalue weighted by atomic mass is 9.84. The van der Waals surface area contributed by atoms with E-state index >= 15 is 0 Å². The summed E-state index contributed by atoms with van der Waals surface area (Å²) >= 11 is 0. The molecule has 0 spiro atoms. The molecule has 0 radical (unpaired) electrons. The standard InChI is InChI=1S/C15H20O4/c1-3-15(17)11(2)9-18-13(15)14(16)19-10-12-7-5-4-6-8-12/h4-8,11,13,17H,3,9-10H2,1-2H3/t11-,13+,15-/m0/s1. The Morgan fingerprint density at radius 2 is 2.16 bits per heavy atom. The molecule has 4 nitrogen and oxygen atoms in total. The zero-order valence-corrected chi connectivity index (χ0v) is 11.3. The highest BCUT2D eigenvalue weighted by Gasteiger charge is 2.51. The average Bonchev–Trinajstić information content (AvgIpc) is 2.74. The average molecular weight is 264 g/mol. The maximum Gasteiger partial charge on any atom is 0.338 e. The van der Waals surface area contributed by atoms with Crippen LogP contribution >= 0.6 is 0 Å². The number of aliphatic hydroxyl groups is 1. The predicted octanol–water partition coefficient (Wildman–Crippen LogP) is 1.91. The van der Waals surface area contributed by atoms with E-state index in [1.165, 1.54) is 0 Å². The Hall–Kier alpha value is -1.39. The Morgan fingerprint density at radius 3 is 2.79 bits per heavy atom. The molecular formula is C15H20O4. The van der Waals surface area contributed by atoms with Gasteiger partial charge >= 0.3 is 5.97 Å². The number of carbonyl (C=O) groups excluding carboxylic acids is 1. The summed E-state index contributed by atoms with van der Waals surface area (Å²) in [6.07, 6.45) is -0.407. The molecule has 0 saturated carbocycles. The highest BCUT2D eigenvalue weighted by molar-refractivity contribution is 5.76. The number of hydrogen-bond donors (Lipinski definition) is 1. The van der Waals surface area contributed by atoms with Crippen LogP contribution in [-0.4, -0.2) is 29.4 Å². The Kier molecular flexibility index (Phi) is 4.22. The predicted molar refractivity (Wildman–Crippen MR) is 70.4 cm³/mol. The second kappa shape index (κ2) is 5.72. The van der Waals surface area contributed by atoms with Crippen molar-refractivity contribution in [3.8, 4) is 0 Å². The topological polar surface area (TPSA) is 55.8 Å². The van der Waals surface area contributed by atoms with Gasteiger partial charge in [-0.3, -0.25) is 0 Å². The van der Waals surface area contributed by atoms with Crippen LogP contribution in [0.25, 0.3) is 0 Å². The molecule has 4 heteroatoms. The summed E-state index contributed by atoms with van der Waals surface area (Å²) in [6, 6.07) is 9.46. The summed E-state index contributed by atoms with van der Waals surface area (Å²) in [4.78, 5) is 12.0. The Labute approximate surface area is 113 Å². The summed E-state index contributed by atoms with van der Waals surface area (Å²) in [5.74, 6) is -0.552. The first-order valence-corrected chi connectivity index (χ1v) is 6.62. The van der Waals surface area contributed by atoms with Crippen LogP contribution in [0.1, 0.15) is 25.8 Å². The van der Waals surface area contributed by atoms with Crippen molar-refractivity contribution >= 4 is 5.97 Å². The van der Waals surface area contributed by atoms with E-state index in [0.717, 1.165) is 5.56 Å². The first-order chi connectivity index (χ1) is 9.08. The van der Waals surface area contributed by atoms with E-state index in [9.17, 15) is 9.90 Å². The van der Waals surface area contributed by atoms with E-state index in [-0.39, 0.29) is 12.5 Å². The van der Waals surface area contributed by atoms with Gasteiger partial charge in [0.15, 0.2) is 6.10 Å². The second-order valence-electron chi connectivity index (χ2n) is 5.05. The third kappa shape index (κ3) is 2.80. The van der Waals surface area contributed by atoms with Gasteiger partial charge in [-0.25, -0.2) is 4.79 Å². The summed E-state index contributed by atoms with van der Waals surface area (Å²) in [5, 5.41) is 10.5. The van der Waals surface area contributed by atoms with E-state index in [2.05, 4.69) is 0 Å². The molecule has 2 rings (SSSR count). The van der Waals surface area contributed by atoms with E-state index in [0.29, 0.717) is 13.0 Å². The fraction of sp³-hybridized carbons (Fsp3) is 0.533. The molecule has 104 valence electrons. The molecule has 1 fully saturated rings. The van der Waals surface area contributed by atoms with Crippen molar-refractivity contribution in [2.75, 3.05) is 6.61 Å². The van der Waals surface area contributed by atoms with Crippen molar-refractivity contribution in [2.45, 2.75) is 38.6 Å². The zero-order chi connectivity index (χ0) is 13.9. The van der Waals surface area contributed by atoms with E-state index in [1.54, 1.807) is 0 Å². The minimum absolute atomic E-state index is 0.0632. The van der Waals surface area contributed by atoms with Gasteiger partial charge < -0.3 is 14.6 Å². The van der Waals surface area contributed by atoms with Crippen LogP contribution in [0.2, 0.25) is 0 Å². The molecule has 1 aliphatic rings. The molecule has 19 heavy (non-hydrogen) atoms. The molecule has 1 aliphatic heterocycles. The van der Waals surface area contributed by atoms with Gasteiger partial charge in [-0.2, -0.15) is 0 Å². The fourth-order valence-electron chi connectivity index (χ4n) is 2.40. The number of esters is 1. The molecule has 1 heterocycles. The quantitative estimate of drug-likeness (QED) is 0.844. The minimum Gasteiger partial charge on any atom is -0.459 e. The Balaban J connectivity index is 1.97. The lowest BCUT2D eigenvalue weighted by molar-refractivity contribution is -0.167. The van der Waals surface area contributed by atoms with Gasteiger partial charge in [0.1, 0.15) is 12.2 Å². The van der Waals surface area contributed by atoms with E-state index in [1.807, 2.05) is 44.2 Å². The molecule has 3 atom stereocenters. The molecule has 0 unspecified atom stereocenters. The molecule has 0 aliphatic carbocycles. The van der Waals surface area contributed by atoms with Gasteiger partial charge in [0, 0.05) is 5.92 Å². The third-order valence-corrected chi connectivity index (χ3v) is 3.82. The zero-order valence-electron chi connectivity index (χ0n) is 11.3. The van der Waals surface area contributed by atoms with Gasteiger partial charge in [0.05, 0.1) is 6.61 Å². The summed E-state index contributed by atoms with van der Waals surface area (Å²) in [6.45, 7) is 4.32. The molecule has 0 amide bonds. The third-order valence-electron chi connectivity index (χ3n) is 3.82. The van der Waals surface area contributed by atoms with Crippen LogP contribution < -0.4 is 0 Å². The lowest BCUT2D eigenvalue weighted by Gasteiger charge is -2.29. The fourth-order valence-corrected chi connectivity index (χ4v) is 2.40. The smallest absolute Gasteiger partial charge is 0.338 e. The van der Waals surface area contributed by atoms with Crippen LogP contribution in [0.4, 0.5) is 0 Å². The molecule has 0 bridgehead atoms. The highest BCUT2D eigenvalue weighted by atomic mass is 16.6. The molecule has 1 aromatic rings. The SMILES string of the molecule is CC[C@@]1(O)[C@@H](C(=O)OCc2ccccc2)OC[C@@H]1C. The lowest BCUT2D eigenvalue weighted by Crippen LogP contribution is -2.47. The maximum atomic E-state index is 12.0. The van der Waals surface area contributed by atoms with Gasteiger partial charge in [-0.15, -0.1) is 0 Å². The molecule has 1 aromatic carbocycles. The molecule has 1 N–H and O–H groups in total. The Bertz CT molecular complexity index is 431. The minimum atomic E-state index is -1.12. The van der Waals surface area contributed by atoms with Crippen molar-refractivity contribution in [3.05, 3.63) is 35.9 Å². The largest absolute Gasteiger partial charge is 0.459 e. The maximum absolute atomic E-state index is 12.0. The van der Waals surface area contributed by atoms with Crippen LogP contribution in [0.15, 0.2) is 30.3 Å². The number of benzene rings is 1. The summed E-state index contributed by atoms with van der Waals surface area (Å²) < 4.78 is 10.6. The first-order valence-electron chi connectivity index (χ1n) is 6.62. The number of ether oxygens (including phenoxy) is 2.